The van der Waals surface area contributed by atoms with Gasteiger partial charge in [-0.3, -0.25) is 0 Å². The average Bonchev–Trinajstić information content (AvgIpc) is 2.31. The number of hydrogen-bond acceptors (Lipinski definition) is 3. The van der Waals surface area contributed by atoms with Crippen LogP contribution < -0.4 is 179 Å². The summed E-state index contributed by atoms with van der Waals surface area (Å²) in [5.41, 5.74) is 0. The Kier molecular flexibility index (Phi) is 13.8. The van der Waals surface area contributed by atoms with Crippen LogP contribution in [0.25, 0.3) is 0 Å². The van der Waals surface area contributed by atoms with Gasteiger partial charge in [0.2, 0.25) is 0 Å². The van der Waals surface area contributed by atoms with Gasteiger partial charge in [-0.05, 0) is 0 Å². The van der Waals surface area contributed by atoms with Crippen molar-refractivity contribution in [1.82, 2.24) is 0 Å². The molecule has 0 fully saturated rings. The summed E-state index contributed by atoms with van der Waals surface area (Å²) in [5.74, 6) is 0. The van der Waals surface area contributed by atoms with Gasteiger partial charge in [-0.1, -0.05) is 0 Å². The minimum atomic E-state index is -5.68. The van der Waals surface area contributed by atoms with Gasteiger partial charge in [0.05, 0.1) is 0 Å². The first kappa shape index (κ1) is 24.9. The number of benzene rings is 2. The molecule has 2 rings (SSSR count). The zero-order chi connectivity index (χ0) is 11.7. The summed E-state index contributed by atoms with van der Waals surface area (Å²) in [7, 11) is -5.68. The molecule has 0 aliphatic rings. The van der Waals surface area contributed by atoms with Crippen LogP contribution in [-0.2, 0) is 0 Å². The molecule has 0 aromatic heterocycles. The van der Waals surface area contributed by atoms with Crippen molar-refractivity contribution in [3.63, 3.8) is 0 Å². The molecule has 0 atom stereocenters. The molecule has 0 bridgehead atoms. The normalized spacial score (nSPS) is 11.8. The first-order valence-corrected chi connectivity index (χ1v) is 6.81. The Balaban J connectivity index is 0. The second-order valence-corrected chi connectivity index (χ2v) is 6.35. The molecule has 2 aromatic carbocycles. The van der Waals surface area contributed by atoms with Gasteiger partial charge >= 0.3 is 247 Å². The van der Waals surface area contributed by atoms with Gasteiger partial charge in [0.15, 0.2) is 0 Å². The fourth-order valence-electron chi connectivity index (χ4n) is 1.52. The van der Waals surface area contributed by atoms with Crippen molar-refractivity contribution in [2.24, 2.45) is 0 Å². The van der Waals surface area contributed by atoms with Crippen LogP contribution in [0.2, 0.25) is 0 Å². The summed E-state index contributed by atoms with van der Waals surface area (Å²) < 4.78 is 0. The molecule has 3 nitrogen and oxygen atoms in total. The van der Waals surface area contributed by atoms with E-state index in [1.165, 1.54) is 48.5 Å². The van der Waals surface area contributed by atoms with Crippen LogP contribution in [0.3, 0.4) is 0 Å². The van der Waals surface area contributed by atoms with Crippen molar-refractivity contribution < 1.29 is 169 Å². The first-order chi connectivity index (χ1) is 7.49. The number of rotatable bonds is 2. The van der Waals surface area contributed by atoms with Gasteiger partial charge in [-0.15, -0.1) is 0 Å². The fourth-order valence-corrected chi connectivity index (χ4v) is 3.19. The predicted molar refractivity (Wildman–Crippen MR) is 59.1 cm³/mol. The maximum atomic E-state index is 12.1. The van der Waals surface area contributed by atoms with E-state index in [-0.39, 0.29) is 165 Å². The van der Waals surface area contributed by atoms with E-state index in [1.807, 2.05) is 0 Å². The zero-order valence-electron chi connectivity index (χ0n) is 11.4. The summed E-state index contributed by atoms with van der Waals surface area (Å²) >= 11 is 0. The standard InChI is InChI=1S/C12H10O3P.3K/c13-16(14,15,11-7-3-1-4-8-11)12-9-5-2-6-10-12;;;/h1-10H;;;/q-3;3*+1. The van der Waals surface area contributed by atoms with Crippen LogP contribution in [0.15, 0.2) is 60.7 Å². The first-order valence-electron chi connectivity index (χ1n) is 4.82. The van der Waals surface area contributed by atoms with Crippen molar-refractivity contribution >= 4 is 17.9 Å². The SMILES string of the molecule is [K+].[K+].[K+].[O-]P([O-])([O-])(c1ccccc1)c1ccccc1. The summed E-state index contributed by atoms with van der Waals surface area (Å²) in [6, 6.07) is 14.7. The van der Waals surface area contributed by atoms with Gasteiger partial charge in [0.25, 0.3) is 0 Å². The Morgan fingerprint density at radius 1 is 0.526 bits per heavy atom. The third-order valence-electron chi connectivity index (χ3n) is 2.40. The maximum absolute atomic E-state index is 12.1. The Morgan fingerprint density at radius 3 is 1.05 bits per heavy atom. The molecule has 19 heavy (non-hydrogen) atoms. The van der Waals surface area contributed by atoms with Gasteiger partial charge in [0, 0.05) is 0 Å². The van der Waals surface area contributed by atoms with E-state index in [2.05, 4.69) is 0 Å². The van der Waals surface area contributed by atoms with Crippen LogP contribution in [-0.4, -0.2) is 0 Å². The molecule has 0 spiro atoms. The second-order valence-electron chi connectivity index (χ2n) is 3.55. The molecule has 0 saturated carbocycles. The molecule has 0 unspecified atom stereocenters. The molecular formula is C12H10K3O3P. The van der Waals surface area contributed by atoms with Crippen molar-refractivity contribution in [3.8, 4) is 0 Å². The molecule has 0 heterocycles. The zero-order valence-corrected chi connectivity index (χ0v) is 21.7. The van der Waals surface area contributed by atoms with Crippen LogP contribution in [0.1, 0.15) is 0 Å². The minimum absolute atomic E-state index is 0. The van der Waals surface area contributed by atoms with Gasteiger partial charge in [0.1, 0.15) is 0 Å². The quantitative estimate of drug-likeness (QED) is 0.399. The van der Waals surface area contributed by atoms with E-state index < -0.39 is 7.28 Å². The molecule has 0 radical (unpaired) electrons. The molecule has 0 amide bonds. The van der Waals surface area contributed by atoms with Crippen molar-refractivity contribution in [1.29, 1.82) is 0 Å². The van der Waals surface area contributed by atoms with E-state index in [0.29, 0.717) is 0 Å². The molecule has 0 saturated heterocycles. The molecule has 0 N–H and O–H groups in total. The van der Waals surface area contributed by atoms with E-state index in [0.717, 1.165) is 0 Å². The molecule has 84 valence electrons. The third kappa shape index (κ3) is 6.58. The average molecular weight is 350 g/mol. The van der Waals surface area contributed by atoms with Gasteiger partial charge in [-0.2, -0.15) is 0 Å². The third-order valence-corrected chi connectivity index (χ3v) is 4.78. The fraction of sp³-hybridized carbons (Fsp3) is 0. The summed E-state index contributed by atoms with van der Waals surface area (Å²) in [6.07, 6.45) is 0. The van der Waals surface area contributed by atoms with Crippen LogP contribution in [0.5, 0.6) is 0 Å². The van der Waals surface area contributed by atoms with Crippen molar-refractivity contribution in [2.45, 2.75) is 0 Å². The van der Waals surface area contributed by atoms with E-state index in [4.69, 9.17) is 0 Å². The molecule has 7 heteroatoms. The topological polar surface area (TPSA) is 69.2 Å². The predicted octanol–water partition coefficient (Wildman–Crippen LogP) is -9.97. The Labute approximate surface area is 241 Å². The number of hydrogen-bond donors (Lipinski definition) is 0. The van der Waals surface area contributed by atoms with Gasteiger partial charge < -0.3 is 0 Å². The Morgan fingerprint density at radius 2 is 0.789 bits per heavy atom. The summed E-state index contributed by atoms with van der Waals surface area (Å²) in [6.45, 7) is 0. The molecule has 0 aliphatic heterocycles. The van der Waals surface area contributed by atoms with Crippen molar-refractivity contribution in [2.75, 3.05) is 0 Å². The van der Waals surface area contributed by atoms with Crippen LogP contribution in [0, 0.1) is 0 Å². The summed E-state index contributed by atoms with van der Waals surface area (Å²) in [4.78, 5) is 36.3. The van der Waals surface area contributed by atoms with Crippen LogP contribution >= 0.6 is 7.28 Å². The Hall–Kier alpha value is 3.66. The monoisotopic (exact) mass is 350 g/mol. The second kappa shape index (κ2) is 10.5. The molecule has 0 aliphatic carbocycles. The molecular weight excluding hydrogens is 340 g/mol. The van der Waals surface area contributed by atoms with Crippen LogP contribution in [0.4, 0.5) is 0 Å². The van der Waals surface area contributed by atoms with Gasteiger partial charge in [-0.25, -0.2) is 0 Å². The summed E-state index contributed by atoms with van der Waals surface area (Å²) in [5, 5.41) is -0.389. The Bertz CT molecular complexity index is 442. The van der Waals surface area contributed by atoms with E-state index in [9.17, 15) is 14.7 Å². The molecule has 2 aromatic rings. The van der Waals surface area contributed by atoms with E-state index in [1.54, 1.807) is 12.1 Å². The van der Waals surface area contributed by atoms with E-state index >= 15 is 0 Å². The van der Waals surface area contributed by atoms with Crippen molar-refractivity contribution in [3.05, 3.63) is 60.7 Å².